The molecule has 0 fully saturated rings. The molecular formula is C23H21N3O. The van der Waals surface area contributed by atoms with Gasteiger partial charge in [-0.3, -0.25) is 4.79 Å². The second-order valence-electron chi connectivity index (χ2n) is 7.29. The van der Waals surface area contributed by atoms with Gasteiger partial charge in [0.25, 0.3) is 5.91 Å². The minimum absolute atomic E-state index is 0.0451. The summed E-state index contributed by atoms with van der Waals surface area (Å²) >= 11 is 0. The number of pyridine rings is 1. The van der Waals surface area contributed by atoms with Gasteiger partial charge in [-0.25, -0.2) is 4.98 Å². The van der Waals surface area contributed by atoms with Gasteiger partial charge in [-0.1, -0.05) is 36.4 Å². The maximum atomic E-state index is 13.2. The van der Waals surface area contributed by atoms with Crippen molar-refractivity contribution in [2.75, 3.05) is 16.3 Å². The average Bonchev–Trinajstić information content (AvgIpc) is 3.27. The van der Waals surface area contributed by atoms with Crippen LogP contribution in [0.25, 0.3) is 0 Å². The zero-order chi connectivity index (χ0) is 18.4. The molecular weight excluding hydrogens is 334 g/mol. The number of anilines is 3. The van der Waals surface area contributed by atoms with Gasteiger partial charge in [-0.2, -0.15) is 0 Å². The van der Waals surface area contributed by atoms with E-state index in [0.717, 1.165) is 30.9 Å². The summed E-state index contributed by atoms with van der Waals surface area (Å²) in [5.41, 5.74) is 5.47. The molecule has 4 nitrogen and oxygen atoms in total. The summed E-state index contributed by atoms with van der Waals surface area (Å²) < 4.78 is 0. The number of hydrogen-bond acceptors (Lipinski definition) is 3. The molecule has 0 N–H and O–H groups in total. The SMILES string of the molecule is CC1Cc2ccccc2N1c1cc(C(=O)N2CCc3ccccc32)ccn1. The van der Waals surface area contributed by atoms with E-state index in [-0.39, 0.29) is 5.91 Å². The maximum Gasteiger partial charge on any atom is 0.258 e. The fraction of sp³-hybridized carbons (Fsp3) is 0.217. The molecule has 0 aliphatic carbocycles. The molecule has 4 heteroatoms. The van der Waals surface area contributed by atoms with Gasteiger partial charge < -0.3 is 9.80 Å². The summed E-state index contributed by atoms with van der Waals surface area (Å²) in [5, 5.41) is 0. The number of hydrogen-bond donors (Lipinski definition) is 0. The van der Waals surface area contributed by atoms with Crippen LogP contribution in [0.15, 0.2) is 66.9 Å². The number of aromatic nitrogens is 1. The predicted octanol–water partition coefficient (Wildman–Crippen LogP) is 4.37. The Labute approximate surface area is 159 Å². The first-order valence-corrected chi connectivity index (χ1v) is 9.45. The Hall–Kier alpha value is -3.14. The van der Waals surface area contributed by atoms with E-state index in [9.17, 15) is 4.79 Å². The van der Waals surface area contributed by atoms with Gasteiger partial charge >= 0.3 is 0 Å². The molecule has 2 aliphatic rings. The highest BCUT2D eigenvalue weighted by Crippen LogP contribution is 2.37. The third-order valence-corrected chi connectivity index (χ3v) is 5.58. The highest BCUT2D eigenvalue weighted by atomic mass is 16.2. The monoisotopic (exact) mass is 355 g/mol. The Balaban J connectivity index is 1.49. The first-order chi connectivity index (χ1) is 13.2. The normalized spacial score (nSPS) is 17.7. The number of carbonyl (C=O) groups is 1. The Morgan fingerprint density at radius 3 is 2.59 bits per heavy atom. The molecule has 2 aromatic carbocycles. The lowest BCUT2D eigenvalue weighted by molar-refractivity contribution is 0.0989. The maximum absolute atomic E-state index is 13.2. The number of fused-ring (bicyclic) bond motifs is 2. The minimum atomic E-state index is 0.0451. The molecule has 0 spiro atoms. The summed E-state index contributed by atoms with van der Waals surface area (Å²) in [5.74, 6) is 0.884. The largest absolute Gasteiger partial charge is 0.323 e. The van der Waals surface area contributed by atoms with Gasteiger partial charge in [-0.05, 0) is 55.2 Å². The zero-order valence-corrected chi connectivity index (χ0v) is 15.3. The average molecular weight is 355 g/mol. The lowest BCUT2D eigenvalue weighted by Crippen LogP contribution is -2.30. The van der Waals surface area contributed by atoms with E-state index in [4.69, 9.17) is 0 Å². The number of nitrogens with zero attached hydrogens (tertiary/aromatic N) is 3. The third-order valence-electron chi connectivity index (χ3n) is 5.58. The van der Waals surface area contributed by atoms with Crippen molar-refractivity contribution in [3.05, 3.63) is 83.6 Å². The first kappa shape index (κ1) is 16.1. The van der Waals surface area contributed by atoms with Gasteiger partial charge in [0.15, 0.2) is 0 Å². The molecule has 1 amide bonds. The quantitative estimate of drug-likeness (QED) is 0.685. The van der Waals surface area contributed by atoms with E-state index in [1.807, 2.05) is 35.2 Å². The van der Waals surface area contributed by atoms with E-state index in [0.29, 0.717) is 11.6 Å². The molecule has 1 aromatic heterocycles. The van der Waals surface area contributed by atoms with Crippen molar-refractivity contribution in [2.45, 2.75) is 25.8 Å². The summed E-state index contributed by atoms with van der Waals surface area (Å²) in [7, 11) is 0. The summed E-state index contributed by atoms with van der Waals surface area (Å²) in [6.45, 7) is 2.94. The molecule has 3 aromatic rings. The van der Waals surface area contributed by atoms with Crippen LogP contribution in [0.2, 0.25) is 0 Å². The smallest absolute Gasteiger partial charge is 0.258 e. The first-order valence-electron chi connectivity index (χ1n) is 9.45. The number of carbonyl (C=O) groups excluding carboxylic acids is 1. The van der Waals surface area contributed by atoms with E-state index >= 15 is 0 Å². The number of amides is 1. The number of para-hydroxylation sites is 2. The van der Waals surface area contributed by atoms with E-state index in [1.165, 1.54) is 16.8 Å². The van der Waals surface area contributed by atoms with Gasteiger partial charge in [0.1, 0.15) is 5.82 Å². The van der Waals surface area contributed by atoms with E-state index in [2.05, 4.69) is 47.1 Å². The van der Waals surface area contributed by atoms with E-state index < -0.39 is 0 Å². The van der Waals surface area contributed by atoms with Crippen LogP contribution in [-0.4, -0.2) is 23.5 Å². The predicted molar refractivity (Wildman–Crippen MR) is 108 cm³/mol. The molecule has 1 unspecified atom stereocenters. The Bertz CT molecular complexity index is 1030. The lowest BCUT2D eigenvalue weighted by atomic mass is 10.1. The molecule has 0 saturated heterocycles. The van der Waals surface area contributed by atoms with Crippen molar-refractivity contribution < 1.29 is 4.79 Å². The molecule has 0 radical (unpaired) electrons. The van der Waals surface area contributed by atoms with Gasteiger partial charge in [0, 0.05) is 35.7 Å². The van der Waals surface area contributed by atoms with Crippen LogP contribution in [0.3, 0.4) is 0 Å². The van der Waals surface area contributed by atoms with Crippen molar-refractivity contribution in [3.8, 4) is 0 Å². The fourth-order valence-corrected chi connectivity index (χ4v) is 4.30. The Kier molecular flexibility index (Phi) is 3.71. The molecule has 5 rings (SSSR count). The van der Waals surface area contributed by atoms with Crippen LogP contribution in [0.5, 0.6) is 0 Å². The second kappa shape index (κ2) is 6.23. The fourth-order valence-electron chi connectivity index (χ4n) is 4.30. The highest BCUT2D eigenvalue weighted by molar-refractivity contribution is 6.07. The molecule has 1 atom stereocenters. The van der Waals surface area contributed by atoms with Crippen LogP contribution in [0.4, 0.5) is 17.2 Å². The van der Waals surface area contributed by atoms with Crippen molar-refractivity contribution in [2.24, 2.45) is 0 Å². The van der Waals surface area contributed by atoms with Crippen molar-refractivity contribution in [3.63, 3.8) is 0 Å². The number of benzene rings is 2. The minimum Gasteiger partial charge on any atom is -0.323 e. The third kappa shape index (κ3) is 2.60. The van der Waals surface area contributed by atoms with Crippen molar-refractivity contribution >= 4 is 23.1 Å². The van der Waals surface area contributed by atoms with E-state index in [1.54, 1.807) is 6.20 Å². The van der Waals surface area contributed by atoms with Gasteiger partial charge in [0.2, 0.25) is 0 Å². The molecule has 27 heavy (non-hydrogen) atoms. The summed E-state index contributed by atoms with van der Waals surface area (Å²) in [4.78, 5) is 21.9. The summed E-state index contributed by atoms with van der Waals surface area (Å²) in [6.07, 6.45) is 3.66. The lowest BCUT2D eigenvalue weighted by Gasteiger charge is -2.25. The molecule has 0 bridgehead atoms. The Morgan fingerprint density at radius 2 is 1.74 bits per heavy atom. The highest BCUT2D eigenvalue weighted by Gasteiger charge is 2.29. The summed E-state index contributed by atoms with van der Waals surface area (Å²) in [6, 6.07) is 20.7. The van der Waals surface area contributed by atoms with Crippen LogP contribution >= 0.6 is 0 Å². The van der Waals surface area contributed by atoms with Gasteiger partial charge in [0.05, 0.1) is 0 Å². The van der Waals surface area contributed by atoms with Crippen molar-refractivity contribution in [1.29, 1.82) is 0 Å². The molecule has 134 valence electrons. The van der Waals surface area contributed by atoms with Crippen LogP contribution < -0.4 is 9.80 Å². The second-order valence-corrected chi connectivity index (χ2v) is 7.29. The topological polar surface area (TPSA) is 36.4 Å². The molecule has 3 heterocycles. The van der Waals surface area contributed by atoms with Crippen LogP contribution in [0, 0.1) is 0 Å². The van der Waals surface area contributed by atoms with Crippen LogP contribution in [-0.2, 0) is 12.8 Å². The standard InChI is InChI=1S/C23H21N3O/c1-16-14-18-7-3-5-9-21(18)26(16)22-15-19(10-12-24-22)23(27)25-13-11-17-6-2-4-8-20(17)25/h2-10,12,15-16H,11,13-14H2,1H3. The Morgan fingerprint density at radius 1 is 1.00 bits per heavy atom. The molecule has 2 aliphatic heterocycles. The van der Waals surface area contributed by atoms with Crippen LogP contribution in [0.1, 0.15) is 28.4 Å². The van der Waals surface area contributed by atoms with Gasteiger partial charge in [-0.15, -0.1) is 0 Å². The number of rotatable bonds is 2. The zero-order valence-electron chi connectivity index (χ0n) is 15.3. The van der Waals surface area contributed by atoms with Crippen molar-refractivity contribution in [1.82, 2.24) is 4.98 Å². The molecule has 0 saturated carbocycles.